The SMILES string of the molecule is Cc1ccc(-c2ccc(C(C)(C)C)cc2)c(-c2ccc(C(C)(C)C)cc2)c1S(=O)(=O)O. The van der Waals surface area contributed by atoms with Gasteiger partial charge >= 0.3 is 0 Å². The van der Waals surface area contributed by atoms with Crippen LogP contribution in [0.15, 0.2) is 65.6 Å². The summed E-state index contributed by atoms with van der Waals surface area (Å²) >= 11 is 0. The van der Waals surface area contributed by atoms with E-state index in [-0.39, 0.29) is 15.7 Å². The molecule has 0 aromatic heterocycles. The predicted octanol–water partition coefficient (Wildman–Crippen LogP) is 7.17. The molecule has 3 nitrogen and oxygen atoms in total. The fourth-order valence-corrected chi connectivity index (χ4v) is 4.79. The second-order valence-corrected chi connectivity index (χ2v) is 11.6. The lowest BCUT2D eigenvalue weighted by atomic mass is 9.84. The third kappa shape index (κ3) is 4.91. The zero-order valence-electron chi connectivity index (χ0n) is 19.4. The van der Waals surface area contributed by atoms with Crippen LogP contribution >= 0.6 is 0 Å². The first-order chi connectivity index (χ1) is 14.2. The van der Waals surface area contributed by atoms with Gasteiger partial charge in [0.25, 0.3) is 10.1 Å². The summed E-state index contributed by atoms with van der Waals surface area (Å²) in [5.41, 5.74) is 5.88. The first-order valence-corrected chi connectivity index (χ1v) is 12.0. The van der Waals surface area contributed by atoms with Gasteiger partial charge in [-0.1, -0.05) is 102 Å². The van der Waals surface area contributed by atoms with Gasteiger partial charge in [-0.05, 0) is 51.1 Å². The van der Waals surface area contributed by atoms with Crippen molar-refractivity contribution in [2.24, 2.45) is 0 Å². The third-order valence-corrected chi connectivity index (χ3v) is 6.76. The van der Waals surface area contributed by atoms with Gasteiger partial charge in [0, 0.05) is 5.56 Å². The zero-order valence-corrected chi connectivity index (χ0v) is 20.3. The quantitative estimate of drug-likeness (QED) is 0.443. The number of hydrogen-bond acceptors (Lipinski definition) is 2. The van der Waals surface area contributed by atoms with Crippen LogP contribution in [0.5, 0.6) is 0 Å². The van der Waals surface area contributed by atoms with E-state index in [2.05, 4.69) is 53.7 Å². The van der Waals surface area contributed by atoms with E-state index < -0.39 is 10.1 Å². The molecule has 4 heteroatoms. The highest BCUT2D eigenvalue weighted by atomic mass is 32.2. The molecule has 0 aliphatic rings. The van der Waals surface area contributed by atoms with Gasteiger partial charge in [-0.15, -0.1) is 0 Å². The number of benzene rings is 3. The molecule has 1 N–H and O–H groups in total. The summed E-state index contributed by atoms with van der Waals surface area (Å²) in [6.07, 6.45) is 0. The molecule has 0 heterocycles. The molecule has 0 fully saturated rings. The Morgan fingerprint density at radius 2 is 1.06 bits per heavy atom. The van der Waals surface area contributed by atoms with Gasteiger partial charge in [-0.2, -0.15) is 8.42 Å². The lowest BCUT2D eigenvalue weighted by molar-refractivity contribution is 0.483. The molecule has 31 heavy (non-hydrogen) atoms. The Balaban J connectivity index is 2.29. The topological polar surface area (TPSA) is 54.4 Å². The summed E-state index contributed by atoms with van der Waals surface area (Å²) in [6, 6.07) is 19.8. The van der Waals surface area contributed by atoms with Gasteiger partial charge in [0.1, 0.15) is 4.90 Å². The van der Waals surface area contributed by atoms with Crippen LogP contribution in [0.4, 0.5) is 0 Å². The third-order valence-electron chi connectivity index (χ3n) is 5.71. The summed E-state index contributed by atoms with van der Waals surface area (Å²) in [4.78, 5) is -0.0339. The minimum atomic E-state index is -4.41. The van der Waals surface area contributed by atoms with Crippen molar-refractivity contribution in [3.8, 4) is 22.3 Å². The van der Waals surface area contributed by atoms with E-state index in [0.717, 1.165) is 22.3 Å². The molecule has 0 aliphatic carbocycles. The second-order valence-electron chi connectivity index (χ2n) is 10.3. The molecule has 0 aliphatic heterocycles. The molecule has 0 saturated carbocycles. The summed E-state index contributed by atoms with van der Waals surface area (Å²) in [6.45, 7) is 14.6. The lowest BCUT2D eigenvalue weighted by Crippen LogP contribution is -2.11. The van der Waals surface area contributed by atoms with Crippen LogP contribution in [-0.4, -0.2) is 13.0 Å². The predicted molar refractivity (Wildman–Crippen MR) is 129 cm³/mol. The van der Waals surface area contributed by atoms with E-state index in [1.54, 1.807) is 13.0 Å². The molecule has 3 rings (SSSR count). The van der Waals surface area contributed by atoms with E-state index in [9.17, 15) is 13.0 Å². The summed E-state index contributed by atoms with van der Waals surface area (Å²) in [7, 11) is -4.41. The second kappa shape index (κ2) is 7.92. The average Bonchev–Trinajstić information content (AvgIpc) is 2.65. The highest BCUT2D eigenvalue weighted by molar-refractivity contribution is 7.86. The van der Waals surface area contributed by atoms with Crippen molar-refractivity contribution in [1.29, 1.82) is 0 Å². The zero-order chi connectivity index (χ0) is 23.2. The van der Waals surface area contributed by atoms with Gasteiger partial charge in [0.2, 0.25) is 0 Å². The lowest BCUT2D eigenvalue weighted by Gasteiger charge is -2.22. The van der Waals surface area contributed by atoms with Crippen molar-refractivity contribution in [3.63, 3.8) is 0 Å². The molecule has 0 radical (unpaired) electrons. The molecular weight excluding hydrogens is 404 g/mol. The monoisotopic (exact) mass is 436 g/mol. The van der Waals surface area contributed by atoms with Crippen molar-refractivity contribution >= 4 is 10.1 Å². The Hall–Kier alpha value is -2.43. The first kappa shape index (κ1) is 23.2. The van der Waals surface area contributed by atoms with Crippen molar-refractivity contribution < 1.29 is 13.0 Å². The van der Waals surface area contributed by atoms with Crippen LogP contribution in [0.25, 0.3) is 22.3 Å². The van der Waals surface area contributed by atoms with Crippen molar-refractivity contribution in [3.05, 3.63) is 77.4 Å². The average molecular weight is 437 g/mol. The van der Waals surface area contributed by atoms with Crippen LogP contribution < -0.4 is 0 Å². The van der Waals surface area contributed by atoms with E-state index >= 15 is 0 Å². The molecule has 0 unspecified atom stereocenters. The highest BCUT2D eigenvalue weighted by Gasteiger charge is 2.24. The summed E-state index contributed by atoms with van der Waals surface area (Å²) in [5.74, 6) is 0. The normalized spacial score (nSPS) is 12.8. The number of hydrogen-bond donors (Lipinski definition) is 1. The van der Waals surface area contributed by atoms with E-state index in [0.29, 0.717) is 11.1 Å². The van der Waals surface area contributed by atoms with Gasteiger partial charge in [0.15, 0.2) is 0 Å². The van der Waals surface area contributed by atoms with Crippen LogP contribution in [0, 0.1) is 6.92 Å². The minimum absolute atomic E-state index is 0.0113. The maximum absolute atomic E-state index is 12.4. The summed E-state index contributed by atoms with van der Waals surface area (Å²) < 4.78 is 34.9. The smallest absolute Gasteiger partial charge is 0.282 e. The van der Waals surface area contributed by atoms with Crippen LogP contribution in [0.3, 0.4) is 0 Å². The first-order valence-electron chi connectivity index (χ1n) is 10.5. The van der Waals surface area contributed by atoms with Gasteiger partial charge < -0.3 is 0 Å². The van der Waals surface area contributed by atoms with Crippen LogP contribution in [0.2, 0.25) is 0 Å². The standard InChI is InChI=1S/C27H32O3S/c1-18-8-17-23(19-9-13-21(14-10-19)26(2,3)4)24(25(18)31(28,29)30)20-11-15-22(16-12-20)27(5,6)7/h8-17H,1-7H3,(H,28,29,30). The summed E-state index contributed by atoms with van der Waals surface area (Å²) in [5, 5.41) is 0. The molecule has 0 bridgehead atoms. The molecular formula is C27H32O3S. The maximum Gasteiger partial charge on any atom is 0.295 e. The maximum atomic E-state index is 12.4. The molecule has 0 atom stereocenters. The Morgan fingerprint density at radius 1 is 0.645 bits per heavy atom. The van der Waals surface area contributed by atoms with Gasteiger partial charge in [0.05, 0.1) is 0 Å². The molecule has 0 saturated heterocycles. The molecule has 0 spiro atoms. The van der Waals surface area contributed by atoms with E-state index in [1.807, 2.05) is 42.5 Å². The van der Waals surface area contributed by atoms with E-state index in [4.69, 9.17) is 0 Å². The highest BCUT2D eigenvalue weighted by Crippen LogP contribution is 2.40. The van der Waals surface area contributed by atoms with Crippen molar-refractivity contribution in [2.75, 3.05) is 0 Å². The molecule has 3 aromatic carbocycles. The van der Waals surface area contributed by atoms with Gasteiger partial charge in [-0.3, -0.25) is 4.55 Å². The minimum Gasteiger partial charge on any atom is -0.282 e. The fraction of sp³-hybridized carbons (Fsp3) is 0.333. The number of rotatable bonds is 3. The molecule has 3 aromatic rings. The van der Waals surface area contributed by atoms with Crippen molar-refractivity contribution in [2.45, 2.75) is 64.2 Å². The molecule has 0 amide bonds. The Morgan fingerprint density at radius 3 is 1.45 bits per heavy atom. The Bertz CT molecular complexity index is 1190. The van der Waals surface area contributed by atoms with Crippen LogP contribution in [-0.2, 0) is 20.9 Å². The van der Waals surface area contributed by atoms with Crippen molar-refractivity contribution in [1.82, 2.24) is 0 Å². The molecule has 164 valence electrons. The van der Waals surface area contributed by atoms with E-state index in [1.165, 1.54) is 5.56 Å². The number of aryl methyl sites for hydroxylation is 1. The Labute approximate surface area is 186 Å². The fourth-order valence-electron chi connectivity index (χ4n) is 3.83. The van der Waals surface area contributed by atoms with Crippen LogP contribution in [0.1, 0.15) is 58.2 Å². The Kier molecular flexibility index (Phi) is 5.94. The van der Waals surface area contributed by atoms with Gasteiger partial charge in [-0.25, -0.2) is 0 Å². The largest absolute Gasteiger partial charge is 0.295 e.